The molecule has 0 N–H and O–H groups in total. The van der Waals surface area contributed by atoms with Crippen LogP contribution in [-0.2, 0) is 0 Å². The Kier molecular flexibility index (Phi) is 1.43. The first-order valence-corrected chi connectivity index (χ1v) is 4.03. The van der Waals surface area contributed by atoms with Crippen molar-refractivity contribution < 1.29 is 0 Å². The fourth-order valence-corrected chi connectivity index (χ4v) is 1.33. The minimum Gasteiger partial charge on any atom is -0.227 e. The van der Waals surface area contributed by atoms with Gasteiger partial charge in [0, 0.05) is 11.6 Å². The van der Waals surface area contributed by atoms with Gasteiger partial charge in [0.05, 0.1) is 11.9 Å². The first kappa shape index (κ1) is 6.48. The largest absolute Gasteiger partial charge is 0.227 e. The Morgan fingerprint density at radius 3 is 3.00 bits per heavy atom. The second kappa shape index (κ2) is 2.43. The number of hydrogen-bond acceptors (Lipinski definition) is 4. The summed E-state index contributed by atoms with van der Waals surface area (Å²) in [5.74, 6) is 0. The van der Waals surface area contributed by atoms with Gasteiger partial charge < -0.3 is 0 Å². The van der Waals surface area contributed by atoms with Crippen LogP contribution in [0.25, 0.3) is 5.13 Å². The zero-order valence-electron chi connectivity index (χ0n) is 5.93. The molecule has 2 aromatic rings. The number of hydrogen-bond donors (Lipinski definition) is 0. The van der Waals surface area contributed by atoms with Crippen LogP contribution < -0.4 is 0 Å². The van der Waals surface area contributed by atoms with E-state index in [1.807, 2.05) is 18.5 Å². The van der Waals surface area contributed by atoms with Gasteiger partial charge in [-0.2, -0.15) is 4.68 Å². The lowest BCUT2D eigenvalue weighted by Gasteiger charge is -1.88. The molecule has 0 atom stereocenters. The lowest BCUT2D eigenvalue weighted by Crippen LogP contribution is -1.92. The molecule has 0 saturated heterocycles. The molecule has 4 nitrogen and oxygen atoms in total. The van der Waals surface area contributed by atoms with Crippen molar-refractivity contribution in [2.45, 2.75) is 6.92 Å². The van der Waals surface area contributed by atoms with Gasteiger partial charge >= 0.3 is 0 Å². The van der Waals surface area contributed by atoms with E-state index in [4.69, 9.17) is 0 Å². The third-order valence-electron chi connectivity index (χ3n) is 1.22. The molecule has 0 saturated carbocycles. The molecule has 11 heavy (non-hydrogen) atoms. The molecule has 5 heteroatoms. The molecule has 0 aliphatic heterocycles. The van der Waals surface area contributed by atoms with Gasteiger partial charge in [0.25, 0.3) is 0 Å². The summed E-state index contributed by atoms with van der Waals surface area (Å²) < 4.78 is 1.67. The van der Waals surface area contributed by atoms with E-state index in [0.717, 1.165) is 10.8 Å². The Balaban J connectivity index is 2.45. The number of aromatic nitrogens is 4. The van der Waals surface area contributed by atoms with Crippen LogP contribution in [0.15, 0.2) is 17.8 Å². The molecule has 2 aromatic heterocycles. The highest BCUT2D eigenvalue weighted by Crippen LogP contribution is 2.08. The normalized spacial score (nSPS) is 10.3. The highest BCUT2D eigenvalue weighted by atomic mass is 32.1. The van der Waals surface area contributed by atoms with Gasteiger partial charge in [-0.1, -0.05) is 5.21 Å². The van der Waals surface area contributed by atoms with Crippen molar-refractivity contribution in [3.05, 3.63) is 23.5 Å². The monoisotopic (exact) mass is 166 g/mol. The van der Waals surface area contributed by atoms with Crippen LogP contribution in [-0.4, -0.2) is 20.0 Å². The molecule has 0 aromatic carbocycles. The summed E-state index contributed by atoms with van der Waals surface area (Å²) in [4.78, 5) is 4.08. The number of rotatable bonds is 1. The minimum absolute atomic E-state index is 0.852. The Bertz CT molecular complexity index is 337. The second-order valence-electron chi connectivity index (χ2n) is 2.12. The van der Waals surface area contributed by atoms with E-state index < -0.39 is 0 Å². The summed E-state index contributed by atoms with van der Waals surface area (Å²) in [7, 11) is 0. The molecule has 2 heterocycles. The number of nitrogens with zero attached hydrogens (tertiary/aromatic N) is 4. The van der Waals surface area contributed by atoms with E-state index in [9.17, 15) is 0 Å². The molecule has 0 spiro atoms. The standard InChI is InChI=1S/C6H6N4S/c1-5-4-10(9-8-5)6-7-2-3-11-6/h2-4H,1H3. The molecule has 56 valence electrons. The van der Waals surface area contributed by atoms with Crippen molar-refractivity contribution in [1.29, 1.82) is 0 Å². The van der Waals surface area contributed by atoms with Crippen molar-refractivity contribution in [3.8, 4) is 5.13 Å². The Morgan fingerprint density at radius 2 is 2.45 bits per heavy atom. The molecular formula is C6H6N4S. The fourth-order valence-electron chi connectivity index (χ4n) is 0.770. The van der Waals surface area contributed by atoms with E-state index in [2.05, 4.69) is 15.3 Å². The minimum atomic E-state index is 0.852. The van der Waals surface area contributed by atoms with Crippen molar-refractivity contribution in [2.24, 2.45) is 0 Å². The molecular weight excluding hydrogens is 160 g/mol. The van der Waals surface area contributed by atoms with Crippen molar-refractivity contribution in [2.75, 3.05) is 0 Å². The van der Waals surface area contributed by atoms with Gasteiger partial charge in [0.15, 0.2) is 0 Å². The Morgan fingerprint density at radius 1 is 1.55 bits per heavy atom. The van der Waals surface area contributed by atoms with Crippen LogP contribution >= 0.6 is 11.3 Å². The first-order chi connectivity index (χ1) is 5.36. The topological polar surface area (TPSA) is 43.6 Å². The number of thiazole rings is 1. The Hall–Kier alpha value is -1.23. The van der Waals surface area contributed by atoms with Crippen LogP contribution in [0.4, 0.5) is 0 Å². The number of aryl methyl sites for hydroxylation is 1. The summed E-state index contributed by atoms with van der Waals surface area (Å²) in [5.41, 5.74) is 0.903. The highest BCUT2D eigenvalue weighted by Gasteiger charge is 1.99. The van der Waals surface area contributed by atoms with Crippen molar-refractivity contribution in [1.82, 2.24) is 20.0 Å². The van der Waals surface area contributed by atoms with Gasteiger partial charge in [-0.25, -0.2) is 4.98 Å². The highest BCUT2D eigenvalue weighted by molar-refractivity contribution is 7.12. The van der Waals surface area contributed by atoms with Gasteiger partial charge in [-0.3, -0.25) is 0 Å². The summed E-state index contributed by atoms with van der Waals surface area (Å²) in [6.45, 7) is 1.90. The predicted octanol–water partition coefficient (Wildman–Crippen LogP) is 1.03. The molecule has 0 fully saturated rings. The van der Waals surface area contributed by atoms with Gasteiger partial charge in [0.2, 0.25) is 5.13 Å². The zero-order chi connectivity index (χ0) is 7.68. The van der Waals surface area contributed by atoms with Gasteiger partial charge in [-0.05, 0) is 6.92 Å². The second-order valence-corrected chi connectivity index (χ2v) is 2.99. The van der Waals surface area contributed by atoms with Crippen molar-refractivity contribution >= 4 is 11.3 Å². The maximum Gasteiger partial charge on any atom is 0.211 e. The third-order valence-corrected chi connectivity index (χ3v) is 1.98. The molecule has 0 unspecified atom stereocenters. The lowest BCUT2D eigenvalue weighted by atomic mass is 10.6. The maximum absolute atomic E-state index is 4.08. The quantitative estimate of drug-likeness (QED) is 0.635. The average Bonchev–Trinajstić information content (AvgIpc) is 2.55. The molecule has 2 rings (SSSR count). The van der Waals surface area contributed by atoms with Crippen LogP contribution in [0.5, 0.6) is 0 Å². The fraction of sp³-hybridized carbons (Fsp3) is 0.167. The SMILES string of the molecule is Cc1cn(-c2nccs2)nn1. The van der Waals surface area contributed by atoms with E-state index in [0.29, 0.717) is 0 Å². The van der Waals surface area contributed by atoms with Gasteiger partial charge in [0.1, 0.15) is 0 Å². The van der Waals surface area contributed by atoms with Gasteiger partial charge in [-0.15, -0.1) is 16.4 Å². The van der Waals surface area contributed by atoms with E-state index in [-0.39, 0.29) is 0 Å². The molecule has 0 bridgehead atoms. The zero-order valence-corrected chi connectivity index (χ0v) is 6.75. The predicted molar refractivity (Wildman–Crippen MR) is 41.8 cm³/mol. The first-order valence-electron chi connectivity index (χ1n) is 3.15. The van der Waals surface area contributed by atoms with E-state index in [1.54, 1.807) is 10.9 Å². The summed E-state index contributed by atoms with van der Waals surface area (Å²) in [5, 5.41) is 10.5. The van der Waals surface area contributed by atoms with E-state index in [1.165, 1.54) is 11.3 Å². The molecule has 0 radical (unpaired) electrons. The molecule has 0 aliphatic rings. The summed E-state index contributed by atoms with van der Waals surface area (Å²) in [6.07, 6.45) is 3.59. The third kappa shape index (κ3) is 1.14. The summed E-state index contributed by atoms with van der Waals surface area (Å²) >= 11 is 1.54. The van der Waals surface area contributed by atoms with E-state index >= 15 is 0 Å². The van der Waals surface area contributed by atoms with Crippen molar-refractivity contribution in [3.63, 3.8) is 0 Å². The molecule has 0 amide bonds. The summed E-state index contributed by atoms with van der Waals surface area (Å²) in [6, 6.07) is 0. The Labute approximate surface area is 67.5 Å². The smallest absolute Gasteiger partial charge is 0.211 e. The molecule has 0 aliphatic carbocycles. The maximum atomic E-state index is 4.08. The van der Waals surface area contributed by atoms with Crippen LogP contribution in [0, 0.1) is 6.92 Å². The lowest BCUT2D eigenvalue weighted by molar-refractivity contribution is 0.794. The van der Waals surface area contributed by atoms with Crippen LogP contribution in [0.3, 0.4) is 0 Å². The van der Waals surface area contributed by atoms with Crippen LogP contribution in [0.2, 0.25) is 0 Å². The van der Waals surface area contributed by atoms with Crippen LogP contribution in [0.1, 0.15) is 5.69 Å². The average molecular weight is 166 g/mol.